The molecule has 0 radical (unpaired) electrons. The van der Waals surface area contributed by atoms with E-state index < -0.39 is 0 Å². The molecule has 0 aromatic heterocycles. The molecule has 0 bridgehead atoms. The Hall–Kier alpha value is -0.860. The molecule has 1 aliphatic rings. The summed E-state index contributed by atoms with van der Waals surface area (Å²) in [5.74, 6) is 0. The van der Waals surface area contributed by atoms with Crippen LogP contribution < -0.4 is 0 Å². The molecule has 0 aliphatic heterocycles. The van der Waals surface area contributed by atoms with E-state index in [0.717, 1.165) is 12.8 Å². The van der Waals surface area contributed by atoms with Gasteiger partial charge in [-0.1, -0.05) is 60.7 Å². The quantitative estimate of drug-likeness (QED) is 0.753. The molecule has 2 heteroatoms. The van der Waals surface area contributed by atoms with Gasteiger partial charge in [-0.2, -0.15) is 25.3 Å². The average Bonchev–Trinajstić information content (AvgIpc) is 2.77. The monoisotopic (exact) mass is 286 g/mol. The van der Waals surface area contributed by atoms with Crippen LogP contribution in [-0.4, -0.2) is 10.5 Å². The smallest absolute Gasteiger partial charge is 0.0434 e. The van der Waals surface area contributed by atoms with E-state index in [1.807, 2.05) is 0 Å². The molecule has 0 nitrogen and oxygen atoms in total. The maximum absolute atomic E-state index is 4.91. The molecule has 2 atom stereocenters. The highest BCUT2D eigenvalue weighted by Crippen LogP contribution is 2.51. The van der Waals surface area contributed by atoms with Crippen LogP contribution in [0.4, 0.5) is 0 Å². The maximum Gasteiger partial charge on any atom is 0.0434 e. The van der Waals surface area contributed by atoms with Crippen LogP contribution >= 0.6 is 25.3 Å². The Kier molecular flexibility index (Phi) is 3.64. The Bertz CT molecular complexity index is 484. The molecule has 1 aliphatic carbocycles. The second kappa shape index (κ2) is 5.26. The van der Waals surface area contributed by atoms with Crippen LogP contribution in [0.25, 0.3) is 0 Å². The summed E-state index contributed by atoms with van der Waals surface area (Å²) in [7, 11) is 0. The maximum atomic E-state index is 4.91. The average molecular weight is 286 g/mol. The SMILES string of the molecule is SC1CCC(S)C1(c1ccccc1)c1ccccc1. The summed E-state index contributed by atoms with van der Waals surface area (Å²) in [6.07, 6.45) is 2.22. The van der Waals surface area contributed by atoms with Gasteiger partial charge < -0.3 is 0 Å². The molecule has 0 heterocycles. The van der Waals surface area contributed by atoms with Crippen LogP contribution in [-0.2, 0) is 5.41 Å². The first-order valence-electron chi connectivity index (χ1n) is 6.73. The first-order chi connectivity index (χ1) is 9.26. The van der Waals surface area contributed by atoms with E-state index in [0.29, 0.717) is 10.5 Å². The molecule has 0 spiro atoms. The summed E-state index contributed by atoms with van der Waals surface area (Å²) in [4.78, 5) is 0. The molecule has 0 N–H and O–H groups in total. The van der Waals surface area contributed by atoms with Crippen molar-refractivity contribution in [1.29, 1.82) is 0 Å². The minimum absolute atomic E-state index is 0.0747. The molecule has 2 aromatic carbocycles. The van der Waals surface area contributed by atoms with Crippen LogP contribution in [0.1, 0.15) is 24.0 Å². The fourth-order valence-electron chi connectivity index (χ4n) is 3.36. The van der Waals surface area contributed by atoms with E-state index in [9.17, 15) is 0 Å². The van der Waals surface area contributed by atoms with E-state index >= 15 is 0 Å². The van der Waals surface area contributed by atoms with Crippen LogP contribution in [0.5, 0.6) is 0 Å². The predicted molar refractivity (Wildman–Crippen MR) is 88.4 cm³/mol. The topological polar surface area (TPSA) is 0 Å². The Morgan fingerprint density at radius 1 is 0.684 bits per heavy atom. The molecule has 1 fully saturated rings. The zero-order valence-electron chi connectivity index (χ0n) is 10.7. The highest BCUT2D eigenvalue weighted by Gasteiger charge is 2.49. The number of rotatable bonds is 2. The molecule has 3 rings (SSSR count). The summed E-state index contributed by atoms with van der Waals surface area (Å²) in [5.41, 5.74) is 2.59. The Morgan fingerprint density at radius 3 is 1.42 bits per heavy atom. The number of thiol groups is 2. The standard InChI is InChI=1S/C17H18S2/c18-15-11-12-16(19)17(15,13-7-3-1-4-8-13)14-9-5-2-6-10-14/h1-10,15-16,18-19H,11-12H2. The lowest BCUT2D eigenvalue weighted by molar-refractivity contribution is 0.563. The Labute approximate surface area is 126 Å². The van der Waals surface area contributed by atoms with Gasteiger partial charge in [0.1, 0.15) is 0 Å². The third-order valence-corrected chi connectivity index (χ3v) is 5.60. The van der Waals surface area contributed by atoms with Crippen molar-refractivity contribution in [3.8, 4) is 0 Å². The van der Waals surface area contributed by atoms with Crippen molar-refractivity contribution in [3.63, 3.8) is 0 Å². The molecular weight excluding hydrogens is 268 g/mol. The first kappa shape index (κ1) is 13.1. The summed E-state index contributed by atoms with van der Waals surface area (Å²) in [6.45, 7) is 0. The molecule has 2 unspecified atom stereocenters. The van der Waals surface area contributed by atoms with Crippen molar-refractivity contribution in [1.82, 2.24) is 0 Å². The summed E-state index contributed by atoms with van der Waals surface area (Å²) in [5, 5.41) is 0.639. The molecule has 19 heavy (non-hydrogen) atoms. The van der Waals surface area contributed by atoms with Gasteiger partial charge >= 0.3 is 0 Å². The lowest BCUT2D eigenvalue weighted by atomic mass is 9.72. The van der Waals surface area contributed by atoms with Crippen LogP contribution in [0.3, 0.4) is 0 Å². The highest BCUT2D eigenvalue weighted by molar-refractivity contribution is 7.82. The highest BCUT2D eigenvalue weighted by atomic mass is 32.1. The molecule has 1 saturated carbocycles. The van der Waals surface area contributed by atoms with E-state index in [1.54, 1.807) is 0 Å². The van der Waals surface area contributed by atoms with Gasteiger partial charge in [-0.25, -0.2) is 0 Å². The van der Waals surface area contributed by atoms with Gasteiger partial charge in [0.05, 0.1) is 0 Å². The zero-order chi connectivity index (χ0) is 13.3. The van der Waals surface area contributed by atoms with Gasteiger partial charge in [0.2, 0.25) is 0 Å². The Balaban J connectivity index is 2.22. The fourth-order valence-corrected chi connectivity index (χ4v) is 4.73. The molecule has 0 amide bonds. The second-order valence-electron chi connectivity index (χ2n) is 5.21. The van der Waals surface area contributed by atoms with Crippen LogP contribution in [0.2, 0.25) is 0 Å². The lowest BCUT2D eigenvalue weighted by Crippen LogP contribution is -2.40. The Morgan fingerprint density at radius 2 is 1.05 bits per heavy atom. The van der Waals surface area contributed by atoms with E-state index in [-0.39, 0.29) is 5.41 Å². The van der Waals surface area contributed by atoms with Gasteiger partial charge in [-0.05, 0) is 24.0 Å². The van der Waals surface area contributed by atoms with Crippen molar-refractivity contribution >= 4 is 25.3 Å². The number of benzene rings is 2. The minimum Gasteiger partial charge on any atom is -0.175 e. The zero-order valence-corrected chi connectivity index (χ0v) is 12.5. The number of hydrogen-bond acceptors (Lipinski definition) is 2. The second-order valence-corrected chi connectivity index (χ2v) is 6.46. The van der Waals surface area contributed by atoms with Gasteiger partial charge in [0.25, 0.3) is 0 Å². The normalized spacial score (nSPS) is 25.4. The van der Waals surface area contributed by atoms with E-state index in [4.69, 9.17) is 25.3 Å². The van der Waals surface area contributed by atoms with Gasteiger partial charge in [0, 0.05) is 15.9 Å². The largest absolute Gasteiger partial charge is 0.175 e. The molecule has 0 saturated heterocycles. The van der Waals surface area contributed by atoms with Crippen LogP contribution in [0.15, 0.2) is 60.7 Å². The predicted octanol–water partition coefficient (Wildman–Crippen LogP) is 4.36. The third kappa shape index (κ3) is 2.02. The van der Waals surface area contributed by atoms with Crippen molar-refractivity contribution in [2.24, 2.45) is 0 Å². The van der Waals surface area contributed by atoms with Crippen LogP contribution in [0, 0.1) is 0 Å². The summed E-state index contributed by atoms with van der Waals surface area (Å²) in [6, 6.07) is 21.4. The van der Waals surface area contributed by atoms with E-state index in [1.165, 1.54) is 11.1 Å². The third-order valence-electron chi connectivity index (χ3n) is 4.27. The summed E-state index contributed by atoms with van der Waals surface area (Å²) < 4.78 is 0. The van der Waals surface area contributed by atoms with Crippen molar-refractivity contribution in [2.75, 3.05) is 0 Å². The molecule has 2 aromatic rings. The summed E-state index contributed by atoms with van der Waals surface area (Å²) >= 11 is 9.81. The van der Waals surface area contributed by atoms with E-state index in [2.05, 4.69) is 60.7 Å². The molecular formula is C17H18S2. The fraction of sp³-hybridized carbons (Fsp3) is 0.294. The minimum atomic E-state index is -0.0747. The van der Waals surface area contributed by atoms with Gasteiger partial charge in [-0.3, -0.25) is 0 Å². The van der Waals surface area contributed by atoms with Crippen molar-refractivity contribution in [3.05, 3.63) is 71.8 Å². The number of hydrogen-bond donors (Lipinski definition) is 2. The molecule has 98 valence electrons. The van der Waals surface area contributed by atoms with Crippen molar-refractivity contribution in [2.45, 2.75) is 28.8 Å². The van der Waals surface area contributed by atoms with Crippen molar-refractivity contribution < 1.29 is 0 Å². The van der Waals surface area contributed by atoms with Gasteiger partial charge in [-0.15, -0.1) is 0 Å². The first-order valence-corrected chi connectivity index (χ1v) is 7.76. The lowest BCUT2D eigenvalue weighted by Gasteiger charge is -2.38. The van der Waals surface area contributed by atoms with Gasteiger partial charge in [0.15, 0.2) is 0 Å².